The number of nitrogens with one attached hydrogen (secondary N) is 1. The van der Waals surface area contributed by atoms with Crippen LogP contribution in [0, 0.1) is 19.3 Å². The second-order valence-electron chi connectivity index (χ2n) is 6.56. The molecule has 0 heterocycles. The highest BCUT2D eigenvalue weighted by Gasteiger charge is 2.25. The molecule has 1 unspecified atom stereocenters. The van der Waals surface area contributed by atoms with Crippen LogP contribution in [-0.2, 0) is 4.79 Å². The highest BCUT2D eigenvalue weighted by molar-refractivity contribution is 5.78. The first-order valence-electron chi connectivity index (χ1n) is 7.34. The first-order valence-corrected chi connectivity index (χ1v) is 7.34. The van der Waals surface area contributed by atoms with Gasteiger partial charge in [-0.25, -0.2) is 0 Å². The van der Waals surface area contributed by atoms with Crippen LogP contribution in [-0.4, -0.2) is 30.3 Å². The van der Waals surface area contributed by atoms with Crippen LogP contribution >= 0.6 is 0 Å². The lowest BCUT2D eigenvalue weighted by atomic mass is 9.85. The zero-order valence-corrected chi connectivity index (χ0v) is 13.7. The highest BCUT2D eigenvalue weighted by Crippen LogP contribution is 2.22. The van der Waals surface area contributed by atoms with Crippen molar-refractivity contribution in [1.82, 2.24) is 5.32 Å². The van der Waals surface area contributed by atoms with Gasteiger partial charge in [0.25, 0.3) is 5.91 Å². The minimum atomic E-state index is -0.163. The van der Waals surface area contributed by atoms with Crippen LogP contribution in [0.2, 0.25) is 0 Å². The lowest BCUT2D eigenvalue weighted by molar-refractivity contribution is -0.124. The Hall–Kier alpha value is -1.55. The van der Waals surface area contributed by atoms with Crippen LogP contribution in [0.5, 0.6) is 5.75 Å². The Bertz CT molecular complexity index is 477. The molecule has 0 aliphatic rings. The van der Waals surface area contributed by atoms with Gasteiger partial charge >= 0.3 is 0 Å². The van der Waals surface area contributed by atoms with E-state index >= 15 is 0 Å². The van der Waals surface area contributed by atoms with E-state index < -0.39 is 0 Å². The zero-order chi connectivity index (χ0) is 16.0. The Morgan fingerprint density at radius 2 is 2.00 bits per heavy atom. The van der Waals surface area contributed by atoms with Crippen molar-refractivity contribution in [2.75, 3.05) is 13.2 Å². The van der Waals surface area contributed by atoms with Crippen LogP contribution in [0.15, 0.2) is 18.2 Å². The van der Waals surface area contributed by atoms with Gasteiger partial charge in [-0.05, 0) is 42.9 Å². The second-order valence-corrected chi connectivity index (χ2v) is 6.56. The first-order chi connectivity index (χ1) is 9.74. The van der Waals surface area contributed by atoms with Crippen molar-refractivity contribution in [2.24, 2.45) is 5.41 Å². The number of hydrogen-bond acceptors (Lipinski definition) is 3. The average molecular weight is 293 g/mol. The molecule has 0 aliphatic carbocycles. The second kappa shape index (κ2) is 7.46. The van der Waals surface area contributed by atoms with Gasteiger partial charge in [-0.2, -0.15) is 0 Å². The van der Waals surface area contributed by atoms with Gasteiger partial charge in [-0.1, -0.05) is 32.9 Å². The van der Waals surface area contributed by atoms with Gasteiger partial charge in [0.05, 0.1) is 0 Å². The van der Waals surface area contributed by atoms with Gasteiger partial charge in [-0.15, -0.1) is 0 Å². The lowest BCUT2D eigenvalue weighted by Gasteiger charge is -2.31. The Morgan fingerprint density at radius 1 is 1.33 bits per heavy atom. The summed E-state index contributed by atoms with van der Waals surface area (Å²) in [7, 11) is 0. The van der Waals surface area contributed by atoms with Gasteiger partial charge in [0, 0.05) is 12.6 Å². The van der Waals surface area contributed by atoms with E-state index in [0.717, 1.165) is 16.9 Å². The molecule has 118 valence electrons. The molecule has 0 bridgehead atoms. The minimum Gasteiger partial charge on any atom is -0.483 e. The van der Waals surface area contributed by atoms with Crippen LogP contribution in [0.3, 0.4) is 0 Å². The molecule has 4 nitrogen and oxygen atoms in total. The van der Waals surface area contributed by atoms with Crippen molar-refractivity contribution in [1.29, 1.82) is 0 Å². The SMILES string of the molecule is Cc1ccc(C)c(OCC(=O)NC(CCO)C(C)(C)C)c1. The molecule has 0 fully saturated rings. The number of aliphatic hydroxyl groups excluding tert-OH is 1. The Kier molecular flexibility index (Phi) is 6.21. The summed E-state index contributed by atoms with van der Waals surface area (Å²) in [5, 5.41) is 12.0. The van der Waals surface area contributed by atoms with Crippen LogP contribution in [0.4, 0.5) is 0 Å². The molecule has 0 radical (unpaired) electrons. The van der Waals surface area contributed by atoms with E-state index in [-0.39, 0.29) is 30.6 Å². The molecule has 1 aromatic carbocycles. The summed E-state index contributed by atoms with van der Waals surface area (Å²) in [6.45, 7) is 10.1. The molecule has 0 aromatic heterocycles. The molecule has 0 saturated carbocycles. The Morgan fingerprint density at radius 3 is 2.57 bits per heavy atom. The molecule has 1 aromatic rings. The number of aliphatic hydroxyl groups is 1. The summed E-state index contributed by atoms with van der Waals surface area (Å²) >= 11 is 0. The fourth-order valence-electron chi connectivity index (χ4n) is 2.09. The number of hydrogen-bond donors (Lipinski definition) is 2. The predicted octanol–water partition coefficient (Wildman–Crippen LogP) is 2.60. The van der Waals surface area contributed by atoms with E-state index in [1.54, 1.807) is 0 Å². The first kappa shape index (κ1) is 17.5. The molecule has 4 heteroatoms. The quantitative estimate of drug-likeness (QED) is 0.847. The monoisotopic (exact) mass is 293 g/mol. The normalized spacial score (nSPS) is 12.9. The van der Waals surface area contributed by atoms with Gasteiger partial charge in [-0.3, -0.25) is 4.79 Å². The van der Waals surface area contributed by atoms with E-state index in [2.05, 4.69) is 5.32 Å². The fraction of sp³-hybridized carbons (Fsp3) is 0.588. The van der Waals surface area contributed by atoms with E-state index in [9.17, 15) is 4.79 Å². The van der Waals surface area contributed by atoms with E-state index in [0.29, 0.717) is 6.42 Å². The van der Waals surface area contributed by atoms with E-state index in [4.69, 9.17) is 9.84 Å². The van der Waals surface area contributed by atoms with Gasteiger partial charge in [0.1, 0.15) is 5.75 Å². The summed E-state index contributed by atoms with van der Waals surface area (Å²) in [5.74, 6) is 0.573. The Balaban J connectivity index is 2.59. The summed E-state index contributed by atoms with van der Waals surface area (Å²) in [5.41, 5.74) is 2.01. The number of aryl methyl sites for hydroxylation is 2. The highest BCUT2D eigenvalue weighted by atomic mass is 16.5. The lowest BCUT2D eigenvalue weighted by Crippen LogP contribution is -2.46. The van der Waals surface area contributed by atoms with Crippen molar-refractivity contribution in [3.05, 3.63) is 29.3 Å². The van der Waals surface area contributed by atoms with Gasteiger partial charge < -0.3 is 15.2 Å². The summed E-state index contributed by atoms with van der Waals surface area (Å²) in [6.07, 6.45) is 0.540. The van der Waals surface area contributed by atoms with Crippen LogP contribution < -0.4 is 10.1 Å². The number of amides is 1. The third kappa shape index (κ3) is 5.76. The number of ether oxygens (including phenoxy) is 1. The maximum atomic E-state index is 12.0. The molecule has 0 saturated heterocycles. The van der Waals surface area contributed by atoms with Crippen molar-refractivity contribution >= 4 is 5.91 Å². The fourth-order valence-corrected chi connectivity index (χ4v) is 2.09. The standard InChI is InChI=1S/C17H27NO3/c1-12-6-7-13(2)14(10-12)21-11-16(20)18-15(8-9-19)17(3,4)5/h6-7,10,15,19H,8-9,11H2,1-5H3,(H,18,20). The van der Waals surface area contributed by atoms with Crippen molar-refractivity contribution in [3.63, 3.8) is 0 Å². The molecular formula is C17H27NO3. The van der Waals surface area contributed by atoms with Crippen molar-refractivity contribution in [2.45, 2.75) is 47.1 Å². The Labute approximate surface area is 127 Å². The molecule has 0 aliphatic heterocycles. The molecule has 1 rings (SSSR count). The van der Waals surface area contributed by atoms with Crippen molar-refractivity contribution < 1.29 is 14.6 Å². The molecule has 0 spiro atoms. The maximum Gasteiger partial charge on any atom is 0.258 e. The smallest absolute Gasteiger partial charge is 0.258 e. The maximum absolute atomic E-state index is 12.0. The number of benzene rings is 1. The third-order valence-corrected chi connectivity index (χ3v) is 3.50. The van der Waals surface area contributed by atoms with Crippen molar-refractivity contribution in [3.8, 4) is 5.75 Å². The van der Waals surface area contributed by atoms with E-state index in [1.165, 1.54) is 0 Å². The van der Waals surface area contributed by atoms with Crippen LogP contribution in [0.25, 0.3) is 0 Å². The minimum absolute atomic E-state index is 0.0116. The van der Waals surface area contributed by atoms with Gasteiger partial charge in [0.2, 0.25) is 0 Å². The molecule has 1 atom stereocenters. The molecule has 1 amide bonds. The topological polar surface area (TPSA) is 58.6 Å². The molecular weight excluding hydrogens is 266 g/mol. The number of carbonyl (C=O) groups excluding carboxylic acids is 1. The van der Waals surface area contributed by atoms with Gasteiger partial charge in [0.15, 0.2) is 6.61 Å². The third-order valence-electron chi connectivity index (χ3n) is 3.50. The average Bonchev–Trinajstić information content (AvgIpc) is 2.38. The number of rotatable bonds is 6. The summed E-state index contributed by atoms with van der Waals surface area (Å²) in [6, 6.07) is 5.85. The largest absolute Gasteiger partial charge is 0.483 e. The molecule has 2 N–H and O–H groups in total. The molecule has 21 heavy (non-hydrogen) atoms. The van der Waals surface area contributed by atoms with Crippen LogP contribution in [0.1, 0.15) is 38.3 Å². The van der Waals surface area contributed by atoms with E-state index in [1.807, 2.05) is 52.8 Å². The number of carbonyl (C=O) groups is 1. The summed E-state index contributed by atoms with van der Waals surface area (Å²) < 4.78 is 5.60. The zero-order valence-electron chi connectivity index (χ0n) is 13.7. The summed E-state index contributed by atoms with van der Waals surface area (Å²) in [4.78, 5) is 12.0. The predicted molar refractivity (Wildman–Crippen MR) is 84.5 cm³/mol.